The third kappa shape index (κ3) is 10.4. The fourth-order valence-corrected chi connectivity index (χ4v) is 13.4. The number of carbonyl (C=O) groups excluding carboxylic acids is 2. The predicted molar refractivity (Wildman–Crippen MR) is 329 cm³/mol. The van der Waals surface area contributed by atoms with Crippen molar-refractivity contribution in [2.24, 2.45) is 15.3 Å². The van der Waals surface area contributed by atoms with Crippen LogP contribution in [-0.4, -0.2) is 73.2 Å². The molecule has 0 atom stereocenters. The molecule has 0 fully saturated rings. The summed E-state index contributed by atoms with van der Waals surface area (Å²) in [6.07, 6.45) is 0. The highest BCUT2D eigenvalue weighted by atomic mass is 32.1. The van der Waals surface area contributed by atoms with Gasteiger partial charge in [-0.05, 0) is 121 Å². The largest absolute Gasteiger partial charge is 0.399 e. The molecule has 20 nitrogen and oxygen atoms in total. The topological polar surface area (TPSA) is 241 Å². The van der Waals surface area contributed by atoms with Crippen LogP contribution in [0, 0.1) is 62.3 Å². The number of amides is 2. The standard InChI is InChI=1S/C25H24N6OS.C18H18N6OS.C16H16N6S/c1-15-16(2)33-24-22(15)23(20-10-12-21(13-11-20)26-18(4)32)29-30(14-19-8-6-5-7-9-19)25-28-27-17(3)31(24)25;1-9-10(2)26-17-15(9)16(21-23-18-22-20-11(3)24(17)18)13-5-7-14(8-6-13)19-12(4)25;1-8-9(2)23-15-13(8)14(11-4-6-12(17)7-5-11)19-21-16-20-18-10(3)22(15)16/h5-13H,14H2,1-4H3,(H,26,32);5-8H,1-4H3,(H,19,25)(H,22,23);4-7H,17H2,1-3H3,(H,20,21). The predicted octanol–water partition coefficient (Wildman–Crippen LogP) is 11.4. The van der Waals surface area contributed by atoms with E-state index in [0.29, 0.717) is 24.4 Å². The Kier molecular flexibility index (Phi) is 14.8. The molecule has 3 aliphatic heterocycles. The van der Waals surface area contributed by atoms with Crippen molar-refractivity contribution in [2.45, 2.75) is 82.7 Å². The van der Waals surface area contributed by atoms with E-state index in [4.69, 9.17) is 10.8 Å². The molecule has 4 aromatic carbocycles. The Bertz CT molecular complexity index is 4190. The van der Waals surface area contributed by atoms with Gasteiger partial charge in [0, 0.05) is 78.9 Å². The van der Waals surface area contributed by atoms with E-state index < -0.39 is 0 Å². The molecule has 0 unspecified atom stereocenters. The minimum atomic E-state index is -0.0939. The second-order valence-corrected chi connectivity index (χ2v) is 23.5. The monoisotopic (exact) mass is 1150 g/mol. The number of nitrogen functional groups attached to an aromatic ring is 1. The molecular weight excluding hydrogens is 1090 g/mol. The highest BCUT2D eigenvalue weighted by Gasteiger charge is 2.32. The Morgan fingerprint density at radius 3 is 1.33 bits per heavy atom. The number of nitrogens with two attached hydrogens (primary N) is 1. The summed E-state index contributed by atoms with van der Waals surface area (Å²) in [5.41, 5.74) is 27.7. The maximum absolute atomic E-state index is 11.4. The number of aromatic nitrogens is 9. The van der Waals surface area contributed by atoms with Gasteiger partial charge in [-0.15, -0.1) is 64.6 Å². The van der Waals surface area contributed by atoms with Gasteiger partial charge in [-0.2, -0.15) is 15.3 Å². The first kappa shape index (κ1) is 54.5. The molecule has 6 N–H and O–H groups in total. The Labute approximate surface area is 485 Å². The molecule has 10 aromatic rings. The fraction of sp³-hybridized carbons (Fsp3) is 0.203. The van der Waals surface area contributed by atoms with Crippen LogP contribution < -0.4 is 32.2 Å². The molecule has 0 saturated carbocycles. The zero-order chi connectivity index (χ0) is 57.7. The van der Waals surface area contributed by atoms with Gasteiger partial charge in [0.2, 0.25) is 23.7 Å². The van der Waals surface area contributed by atoms with Gasteiger partial charge < -0.3 is 16.4 Å². The Hall–Kier alpha value is -9.45. The summed E-state index contributed by atoms with van der Waals surface area (Å²) in [6, 6.07) is 33.5. The summed E-state index contributed by atoms with van der Waals surface area (Å²) in [5, 5.41) is 50.7. The van der Waals surface area contributed by atoms with Gasteiger partial charge >= 0.3 is 0 Å². The number of rotatable bonds is 7. The van der Waals surface area contributed by atoms with Gasteiger partial charge in [0.1, 0.15) is 49.6 Å². The fourth-order valence-electron chi connectivity index (χ4n) is 9.74. The maximum Gasteiger partial charge on any atom is 0.253 e. The summed E-state index contributed by atoms with van der Waals surface area (Å²) < 4.78 is 6.13. The summed E-state index contributed by atoms with van der Waals surface area (Å²) in [6.45, 7) is 22.2. The normalized spacial score (nSPS) is 12.7. The molecule has 0 saturated heterocycles. The summed E-state index contributed by atoms with van der Waals surface area (Å²) in [7, 11) is 0. The lowest BCUT2D eigenvalue weighted by molar-refractivity contribution is -0.115. The minimum absolute atomic E-state index is 0.0915. The molecule has 414 valence electrons. The van der Waals surface area contributed by atoms with E-state index in [1.165, 1.54) is 45.2 Å². The number of nitrogens with one attached hydrogen (secondary N) is 4. The van der Waals surface area contributed by atoms with Crippen LogP contribution in [0.25, 0.3) is 15.0 Å². The molecule has 2 amide bonds. The second kappa shape index (κ2) is 22.2. The second-order valence-electron chi connectivity index (χ2n) is 19.9. The van der Waals surface area contributed by atoms with Crippen LogP contribution in [0.3, 0.4) is 0 Å². The van der Waals surface area contributed by atoms with Crippen LogP contribution in [0.5, 0.6) is 0 Å². The van der Waals surface area contributed by atoms with Crippen LogP contribution >= 0.6 is 34.0 Å². The zero-order valence-corrected chi connectivity index (χ0v) is 49.4. The molecule has 3 aliphatic rings. The summed E-state index contributed by atoms with van der Waals surface area (Å²) in [4.78, 5) is 26.4. The number of hydrazone groups is 3. The molecule has 0 spiro atoms. The number of benzene rings is 4. The quantitative estimate of drug-likeness (QED) is 0.0937. The minimum Gasteiger partial charge on any atom is -0.399 e. The van der Waals surface area contributed by atoms with Crippen molar-refractivity contribution in [3.8, 4) is 15.0 Å². The average Bonchev–Trinajstić information content (AvgIpc) is 3.80. The van der Waals surface area contributed by atoms with Crippen LogP contribution in [0.4, 0.5) is 34.9 Å². The Balaban J connectivity index is 0.000000131. The number of aryl methyl sites for hydroxylation is 6. The van der Waals surface area contributed by atoms with E-state index >= 15 is 0 Å². The molecule has 82 heavy (non-hydrogen) atoms. The van der Waals surface area contributed by atoms with Crippen molar-refractivity contribution in [3.05, 3.63) is 191 Å². The molecule has 0 radical (unpaired) electrons. The van der Waals surface area contributed by atoms with Crippen LogP contribution in [-0.2, 0) is 16.1 Å². The van der Waals surface area contributed by atoms with Crippen molar-refractivity contribution in [1.82, 2.24) is 44.3 Å². The molecule has 9 heterocycles. The Morgan fingerprint density at radius 1 is 0.488 bits per heavy atom. The number of fused-ring (bicyclic) bond motifs is 9. The van der Waals surface area contributed by atoms with Crippen LogP contribution in [0.15, 0.2) is 118 Å². The smallest absolute Gasteiger partial charge is 0.253 e. The zero-order valence-electron chi connectivity index (χ0n) is 47.0. The van der Waals surface area contributed by atoms with E-state index in [2.05, 4.69) is 121 Å². The average molecular weight is 1150 g/mol. The first-order valence-electron chi connectivity index (χ1n) is 26.2. The van der Waals surface area contributed by atoms with Gasteiger partial charge in [0.25, 0.3) is 5.95 Å². The van der Waals surface area contributed by atoms with Crippen molar-refractivity contribution >= 4 is 97.9 Å². The van der Waals surface area contributed by atoms with Gasteiger partial charge in [-0.1, -0.05) is 66.7 Å². The van der Waals surface area contributed by atoms with E-state index in [1.54, 1.807) is 34.0 Å². The van der Waals surface area contributed by atoms with E-state index in [-0.39, 0.29) is 11.8 Å². The third-order valence-electron chi connectivity index (χ3n) is 14.2. The Morgan fingerprint density at radius 2 is 0.878 bits per heavy atom. The van der Waals surface area contributed by atoms with Gasteiger partial charge in [-0.3, -0.25) is 23.3 Å². The highest BCUT2D eigenvalue weighted by molar-refractivity contribution is 7.16. The lowest BCUT2D eigenvalue weighted by atomic mass is 10.00. The number of nitrogens with zero attached hydrogens (tertiary/aromatic N) is 13. The summed E-state index contributed by atoms with van der Waals surface area (Å²) >= 11 is 5.17. The lowest BCUT2D eigenvalue weighted by Crippen LogP contribution is -2.20. The lowest BCUT2D eigenvalue weighted by Gasteiger charge is -2.18. The van der Waals surface area contributed by atoms with Gasteiger partial charge in [-0.25, -0.2) is 15.9 Å². The number of thiophene rings is 3. The van der Waals surface area contributed by atoms with E-state index in [1.807, 2.05) is 126 Å². The maximum atomic E-state index is 11.4. The molecule has 0 bridgehead atoms. The first-order chi connectivity index (χ1) is 39.4. The SMILES string of the molecule is CC(=O)Nc1ccc(C2=NN(Cc3ccccc3)c3nnc(C)n3-c3sc(C)c(C)c32)cc1.CC(=O)Nc1ccc(C2=NNc3nnc(C)n3-c3sc(C)c(C)c32)cc1.Cc1sc2c(c1C)C(c1ccc(N)cc1)=NNc1nnc(C)n1-2. The number of carbonyl (C=O) groups is 2. The van der Waals surface area contributed by atoms with Crippen molar-refractivity contribution in [1.29, 1.82) is 0 Å². The van der Waals surface area contributed by atoms with Crippen molar-refractivity contribution < 1.29 is 9.59 Å². The molecule has 6 aromatic heterocycles. The van der Waals surface area contributed by atoms with Crippen molar-refractivity contribution in [3.63, 3.8) is 0 Å². The number of anilines is 6. The molecule has 0 aliphatic carbocycles. The van der Waals surface area contributed by atoms with Crippen LogP contribution in [0.1, 0.15) is 102 Å². The number of hydrogen-bond donors (Lipinski definition) is 5. The summed E-state index contributed by atoms with van der Waals surface area (Å²) in [5.74, 6) is 4.23. The van der Waals surface area contributed by atoms with E-state index in [0.717, 1.165) is 106 Å². The molecule has 13 rings (SSSR count). The third-order valence-corrected chi connectivity index (χ3v) is 17.8. The van der Waals surface area contributed by atoms with Crippen molar-refractivity contribution in [2.75, 3.05) is 32.2 Å². The molecule has 23 heteroatoms. The van der Waals surface area contributed by atoms with Crippen LogP contribution in [0.2, 0.25) is 0 Å². The highest BCUT2D eigenvalue weighted by Crippen LogP contribution is 2.41. The number of hydrogen-bond acceptors (Lipinski definition) is 18. The van der Waals surface area contributed by atoms with Gasteiger partial charge in [0.05, 0.1) is 6.54 Å². The first-order valence-corrected chi connectivity index (χ1v) is 28.7. The van der Waals surface area contributed by atoms with E-state index in [9.17, 15) is 9.59 Å². The molecular formula is C59H58N18O2S3. The van der Waals surface area contributed by atoms with Gasteiger partial charge in [0.15, 0.2) is 0 Å².